The fraction of sp³-hybridized carbons (Fsp3) is 0.500. The van der Waals surface area contributed by atoms with Gasteiger partial charge in [0, 0.05) is 19.2 Å². The van der Waals surface area contributed by atoms with Gasteiger partial charge in [0.25, 0.3) is 0 Å². The van der Waals surface area contributed by atoms with Crippen LogP contribution in [0.4, 0.5) is 0 Å². The third kappa shape index (κ3) is 4.89. The van der Waals surface area contributed by atoms with E-state index < -0.39 is 0 Å². The first-order valence-corrected chi connectivity index (χ1v) is 5.41. The van der Waals surface area contributed by atoms with Gasteiger partial charge in [-0.15, -0.1) is 0 Å². The molecule has 4 heteroatoms. The van der Waals surface area contributed by atoms with Crippen molar-refractivity contribution in [1.29, 1.82) is 0 Å². The Morgan fingerprint density at radius 1 is 1.50 bits per heavy atom. The SMILES string of the molecule is COC(=O)CCCNCc1ccc(C)cn1. The van der Waals surface area contributed by atoms with E-state index in [2.05, 4.69) is 15.0 Å². The summed E-state index contributed by atoms with van der Waals surface area (Å²) in [5.74, 6) is -0.157. The second-order valence-corrected chi connectivity index (χ2v) is 3.68. The van der Waals surface area contributed by atoms with E-state index in [1.807, 2.05) is 25.3 Å². The number of aryl methyl sites for hydroxylation is 1. The molecule has 16 heavy (non-hydrogen) atoms. The number of nitrogens with one attached hydrogen (secondary N) is 1. The van der Waals surface area contributed by atoms with Gasteiger partial charge >= 0.3 is 5.97 Å². The molecule has 1 aromatic rings. The molecule has 0 aromatic carbocycles. The molecule has 1 heterocycles. The van der Waals surface area contributed by atoms with Gasteiger partial charge in [-0.1, -0.05) is 6.07 Å². The molecule has 0 fully saturated rings. The first-order chi connectivity index (χ1) is 7.72. The van der Waals surface area contributed by atoms with Gasteiger partial charge in [-0.3, -0.25) is 9.78 Å². The zero-order valence-corrected chi connectivity index (χ0v) is 9.82. The van der Waals surface area contributed by atoms with Crippen LogP contribution in [0.1, 0.15) is 24.1 Å². The van der Waals surface area contributed by atoms with Crippen LogP contribution in [-0.2, 0) is 16.1 Å². The molecule has 0 aliphatic carbocycles. The molecule has 0 aliphatic rings. The Morgan fingerprint density at radius 3 is 2.94 bits per heavy atom. The topological polar surface area (TPSA) is 51.2 Å². The second-order valence-electron chi connectivity index (χ2n) is 3.68. The van der Waals surface area contributed by atoms with Crippen molar-refractivity contribution in [3.63, 3.8) is 0 Å². The molecular formula is C12H18N2O2. The number of nitrogens with zero attached hydrogens (tertiary/aromatic N) is 1. The van der Waals surface area contributed by atoms with Gasteiger partial charge in [-0.25, -0.2) is 0 Å². The lowest BCUT2D eigenvalue weighted by molar-refractivity contribution is -0.140. The number of hydrogen-bond donors (Lipinski definition) is 1. The third-order valence-corrected chi connectivity index (χ3v) is 2.24. The molecule has 0 bridgehead atoms. The van der Waals surface area contributed by atoms with E-state index in [9.17, 15) is 4.79 Å². The van der Waals surface area contributed by atoms with Crippen molar-refractivity contribution in [2.45, 2.75) is 26.3 Å². The lowest BCUT2D eigenvalue weighted by Gasteiger charge is -2.04. The molecule has 0 amide bonds. The van der Waals surface area contributed by atoms with Gasteiger partial charge in [0.1, 0.15) is 0 Å². The van der Waals surface area contributed by atoms with E-state index in [0.29, 0.717) is 6.42 Å². The lowest BCUT2D eigenvalue weighted by atomic mass is 10.2. The first-order valence-electron chi connectivity index (χ1n) is 5.41. The van der Waals surface area contributed by atoms with Crippen LogP contribution in [0.3, 0.4) is 0 Å². The zero-order chi connectivity index (χ0) is 11.8. The summed E-state index contributed by atoms with van der Waals surface area (Å²) in [6.45, 7) is 3.55. The summed E-state index contributed by atoms with van der Waals surface area (Å²) >= 11 is 0. The van der Waals surface area contributed by atoms with Crippen LogP contribution in [-0.4, -0.2) is 24.6 Å². The van der Waals surface area contributed by atoms with E-state index in [0.717, 1.165) is 30.8 Å². The summed E-state index contributed by atoms with van der Waals surface area (Å²) in [5, 5.41) is 3.23. The van der Waals surface area contributed by atoms with Crippen LogP contribution >= 0.6 is 0 Å². The Kier molecular flexibility index (Phi) is 5.50. The minimum absolute atomic E-state index is 0.157. The van der Waals surface area contributed by atoms with Crippen molar-refractivity contribution >= 4 is 5.97 Å². The number of carbonyl (C=O) groups is 1. The first kappa shape index (κ1) is 12.6. The number of methoxy groups -OCH3 is 1. The zero-order valence-electron chi connectivity index (χ0n) is 9.82. The van der Waals surface area contributed by atoms with Gasteiger partial charge in [0.05, 0.1) is 12.8 Å². The summed E-state index contributed by atoms with van der Waals surface area (Å²) in [6, 6.07) is 4.04. The standard InChI is InChI=1S/C12H18N2O2/c1-10-5-6-11(14-8-10)9-13-7-3-4-12(15)16-2/h5-6,8,13H,3-4,7,9H2,1-2H3. The normalized spacial score (nSPS) is 10.1. The van der Waals surface area contributed by atoms with Crippen molar-refractivity contribution < 1.29 is 9.53 Å². The van der Waals surface area contributed by atoms with Crippen LogP contribution in [0.25, 0.3) is 0 Å². The highest BCUT2D eigenvalue weighted by atomic mass is 16.5. The van der Waals surface area contributed by atoms with Crippen LogP contribution in [0.5, 0.6) is 0 Å². The maximum absolute atomic E-state index is 10.8. The van der Waals surface area contributed by atoms with Gasteiger partial charge in [0.15, 0.2) is 0 Å². The van der Waals surface area contributed by atoms with Gasteiger partial charge in [-0.05, 0) is 31.5 Å². The van der Waals surface area contributed by atoms with E-state index in [4.69, 9.17) is 0 Å². The van der Waals surface area contributed by atoms with Crippen molar-refractivity contribution in [2.75, 3.05) is 13.7 Å². The molecule has 0 radical (unpaired) electrons. The van der Waals surface area contributed by atoms with Gasteiger partial charge < -0.3 is 10.1 Å². The quantitative estimate of drug-likeness (QED) is 0.584. The summed E-state index contributed by atoms with van der Waals surface area (Å²) in [7, 11) is 1.41. The average Bonchev–Trinajstić information content (AvgIpc) is 2.31. The van der Waals surface area contributed by atoms with Crippen LogP contribution in [0.2, 0.25) is 0 Å². The number of carbonyl (C=O) groups excluding carboxylic acids is 1. The van der Waals surface area contributed by atoms with E-state index in [1.165, 1.54) is 7.11 Å². The number of hydrogen-bond acceptors (Lipinski definition) is 4. The number of esters is 1. The number of pyridine rings is 1. The number of ether oxygens (including phenoxy) is 1. The fourth-order valence-electron chi connectivity index (χ4n) is 1.28. The highest BCUT2D eigenvalue weighted by Gasteiger charge is 1.99. The van der Waals surface area contributed by atoms with E-state index in [-0.39, 0.29) is 5.97 Å². The molecule has 1 rings (SSSR count). The molecule has 1 N–H and O–H groups in total. The third-order valence-electron chi connectivity index (χ3n) is 2.24. The molecule has 0 saturated heterocycles. The van der Waals surface area contributed by atoms with Gasteiger partial charge in [-0.2, -0.15) is 0 Å². The molecule has 4 nitrogen and oxygen atoms in total. The average molecular weight is 222 g/mol. The van der Waals surface area contributed by atoms with Crippen molar-refractivity contribution in [1.82, 2.24) is 10.3 Å². The largest absolute Gasteiger partial charge is 0.469 e. The molecular weight excluding hydrogens is 204 g/mol. The number of rotatable bonds is 6. The maximum atomic E-state index is 10.8. The summed E-state index contributed by atoms with van der Waals surface area (Å²) in [4.78, 5) is 15.1. The molecule has 0 saturated carbocycles. The highest BCUT2D eigenvalue weighted by Crippen LogP contribution is 1.98. The van der Waals surface area contributed by atoms with Crippen LogP contribution < -0.4 is 5.32 Å². The number of aromatic nitrogens is 1. The summed E-state index contributed by atoms with van der Waals surface area (Å²) < 4.78 is 4.55. The molecule has 0 atom stereocenters. The Morgan fingerprint density at radius 2 is 2.31 bits per heavy atom. The van der Waals surface area contributed by atoms with Gasteiger partial charge in [0.2, 0.25) is 0 Å². The predicted octanol–water partition coefficient (Wildman–Crippen LogP) is 1.43. The molecule has 1 aromatic heterocycles. The summed E-state index contributed by atoms with van der Waals surface area (Å²) in [5.41, 5.74) is 2.18. The van der Waals surface area contributed by atoms with Crippen molar-refractivity contribution in [3.05, 3.63) is 29.6 Å². The molecule has 0 aliphatic heterocycles. The summed E-state index contributed by atoms with van der Waals surface area (Å²) in [6.07, 6.45) is 3.11. The monoisotopic (exact) mass is 222 g/mol. The minimum atomic E-state index is -0.157. The Bertz CT molecular complexity index is 322. The Balaban J connectivity index is 2.11. The molecule has 0 unspecified atom stereocenters. The van der Waals surface area contributed by atoms with E-state index >= 15 is 0 Å². The van der Waals surface area contributed by atoms with Crippen molar-refractivity contribution in [3.8, 4) is 0 Å². The Labute approximate surface area is 96.0 Å². The lowest BCUT2D eigenvalue weighted by Crippen LogP contribution is -2.16. The second kappa shape index (κ2) is 6.95. The molecule has 0 spiro atoms. The maximum Gasteiger partial charge on any atom is 0.305 e. The molecule has 88 valence electrons. The highest BCUT2D eigenvalue weighted by molar-refractivity contribution is 5.69. The smallest absolute Gasteiger partial charge is 0.305 e. The minimum Gasteiger partial charge on any atom is -0.469 e. The predicted molar refractivity (Wildman–Crippen MR) is 61.9 cm³/mol. The van der Waals surface area contributed by atoms with Crippen LogP contribution in [0.15, 0.2) is 18.3 Å². The van der Waals surface area contributed by atoms with Crippen LogP contribution in [0, 0.1) is 6.92 Å². The van der Waals surface area contributed by atoms with E-state index in [1.54, 1.807) is 0 Å². The Hall–Kier alpha value is -1.42. The fourth-order valence-corrected chi connectivity index (χ4v) is 1.28. The van der Waals surface area contributed by atoms with Crippen molar-refractivity contribution in [2.24, 2.45) is 0 Å².